The largest absolute Gasteiger partial charge is 0.382 e. The molecule has 2 saturated heterocycles. The summed E-state index contributed by atoms with van der Waals surface area (Å²) in [6, 6.07) is 12.3. The molecule has 3 aliphatic heterocycles. The van der Waals surface area contributed by atoms with Gasteiger partial charge in [0.15, 0.2) is 5.65 Å². The minimum absolute atomic E-state index is 0.0701. The number of hydrogen-bond donors (Lipinski definition) is 3. The van der Waals surface area contributed by atoms with Gasteiger partial charge < -0.3 is 25.0 Å². The smallest absolute Gasteiger partial charge is 0.270 e. The first-order chi connectivity index (χ1) is 27.8. The second kappa shape index (κ2) is 17.2. The Morgan fingerprint density at radius 3 is 2.35 bits per heavy atom. The number of hydrogen-bond acceptors (Lipinski definition) is 14. The van der Waals surface area contributed by atoms with Gasteiger partial charge in [-0.1, -0.05) is 18.9 Å². The van der Waals surface area contributed by atoms with E-state index in [1.807, 2.05) is 12.1 Å². The lowest BCUT2D eigenvalue weighted by Crippen LogP contribution is -2.54. The SMILES string of the molecule is O=C1CCC(N2C(=O)c3cccc(NCCOCCOCCN4CCN(c5ccc(Nc6ncc7ncc(=O)n(C8CCCC8)c7n6)cc5)CC4)c3C2=O)C(=O)N1. The van der Waals surface area contributed by atoms with Crippen LogP contribution in [0, 0.1) is 0 Å². The van der Waals surface area contributed by atoms with E-state index < -0.39 is 29.7 Å². The lowest BCUT2D eigenvalue weighted by Gasteiger charge is -2.36. The van der Waals surface area contributed by atoms with Crippen molar-refractivity contribution in [3.05, 3.63) is 76.3 Å². The first-order valence-electron chi connectivity index (χ1n) is 19.7. The van der Waals surface area contributed by atoms with Gasteiger partial charge in [0.25, 0.3) is 17.4 Å². The van der Waals surface area contributed by atoms with E-state index >= 15 is 0 Å². The molecule has 4 aromatic rings. The molecule has 3 N–H and O–H groups in total. The Hall–Kier alpha value is -5.78. The molecule has 4 amide bonds. The molecule has 17 nitrogen and oxygen atoms in total. The van der Waals surface area contributed by atoms with Crippen molar-refractivity contribution in [3.63, 3.8) is 0 Å². The molecule has 3 fully saturated rings. The molecule has 0 bridgehead atoms. The second-order valence-corrected chi connectivity index (χ2v) is 14.6. The van der Waals surface area contributed by atoms with Crippen LogP contribution in [0.5, 0.6) is 0 Å². The molecule has 0 radical (unpaired) electrons. The zero-order chi connectivity index (χ0) is 39.3. The predicted octanol–water partition coefficient (Wildman–Crippen LogP) is 2.71. The number of nitrogens with one attached hydrogen (secondary N) is 3. The van der Waals surface area contributed by atoms with Crippen molar-refractivity contribution in [3.8, 4) is 0 Å². The number of ether oxygens (including phenoxy) is 2. The molecular weight excluding hydrogens is 733 g/mol. The summed E-state index contributed by atoms with van der Waals surface area (Å²) in [5.74, 6) is -1.70. The summed E-state index contributed by atoms with van der Waals surface area (Å²) in [5.41, 5.74) is 4.02. The maximum Gasteiger partial charge on any atom is 0.270 e. The number of rotatable bonds is 15. The Balaban J connectivity index is 0.716. The highest BCUT2D eigenvalue weighted by Crippen LogP contribution is 2.33. The fourth-order valence-electron chi connectivity index (χ4n) is 8.05. The van der Waals surface area contributed by atoms with Gasteiger partial charge in [-0.2, -0.15) is 4.98 Å². The van der Waals surface area contributed by atoms with Crippen LogP contribution < -0.4 is 26.4 Å². The van der Waals surface area contributed by atoms with E-state index in [2.05, 4.69) is 47.9 Å². The first-order valence-corrected chi connectivity index (χ1v) is 19.7. The van der Waals surface area contributed by atoms with E-state index in [4.69, 9.17) is 14.5 Å². The van der Waals surface area contributed by atoms with Crippen LogP contribution in [0.25, 0.3) is 11.2 Å². The number of carbonyl (C=O) groups excluding carboxylic acids is 4. The van der Waals surface area contributed by atoms with Crippen molar-refractivity contribution >= 4 is 57.8 Å². The van der Waals surface area contributed by atoms with Crippen LogP contribution >= 0.6 is 0 Å². The Kier molecular flexibility index (Phi) is 11.5. The molecule has 1 unspecified atom stereocenters. The maximum atomic E-state index is 13.3. The van der Waals surface area contributed by atoms with Crippen LogP contribution in [0.15, 0.2) is 59.7 Å². The van der Waals surface area contributed by atoms with E-state index in [0.29, 0.717) is 55.8 Å². The molecule has 8 rings (SSSR count). The molecule has 1 atom stereocenters. The van der Waals surface area contributed by atoms with Crippen LogP contribution in [0.4, 0.5) is 23.0 Å². The Morgan fingerprint density at radius 2 is 1.58 bits per heavy atom. The van der Waals surface area contributed by atoms with Gasteiger partial charge in [-0.05, 0) is 55.7 Å². The molecular formula is C40H46N10O7. The van der Waals surface area contributed by atoms with Crippen molar-refractivity contribution in [1.29, 1.82) is 0 Å². The normalized spacial score (nSPS) is 19.1. The summed E-state index contributed by atoms with van der Waals surface area (Å²) in [6.07, 6.45) is 7.38. The quantitative estimate of drug-likeness (QED) is 0.118. The molecule has 1 aliphatic carbocycles. The van der Waals surface area contributed by atoms with E-state index in [0.717, 1.165) is 74.7 Å². The maximum absolute atomic E-state index is 13.3. The molecule has 57 heavy (non-hydrogen) atoms. The van der Waals surface area contributed by atoms with E-state index in [-0.39, 0.29) is 35.6 Å². The third kappa shape index (κ3) is 8.36. The third-order valence-electron chi connectivity index (χ3n) is 11.0. The second-order valence-electron chi connectivity index (χ2n) is 14.6. The van der Waals surface area contributed by atoms with E-state index in [1.54, 1.807) is 29.0 Å². The zero-order valence-electron chi connectivity index (χ0n) is 31.7. The highest BCUT2D eigenvalue weighted by molar-refractivity contribution is 6.25. The highest BCUT2D eigenvalue weighted by Gasteiger charge is 2.45. The molecule has 17 heteroatoms. The van der Waals surface area contributed by atoms with Gasteiger partial charge in [0.05, 0.1) is 49.9 Å². The predicted molar refractivity (Wildman–Crippen MR) is 211 cm³/mol. The average Bonchev–Trinajstić information content (AvgIpc) is 3.84. The summed E-state index contributed by atoms with van der Waals surface area (Å²) in [5, 5.41) is 8.68. The molecule has 2 aromatic heterocycles. The number of anilines is 4. The third-order valence-corrected chi connectivity index (χ3v) is 11.0. The van der Waals surface area contributed by atoms with Gasteiger partial charge >= 0.3 is 0 Å². The van der Waals surface area contributed by atoms with Gasteiger partial charge in [0.2, 0.25) is 17.8 Å². The van der Waals surface area contributed by atoms with Crippen molar-refractivity contribution in [1.82, 2.24) is 34.6 Å². The molecule has 4 aliphatic rings. The summed E-state index contributed by atoms with van der Waals surface area (Å²) >= 11 is 0. The van der Waals surface area contributed by atoms with Crippen molar-refractivity contribution in [2.75, 3.05) is 81.2 Å². The van der Waals surface area contributed by atoms with Crippen molar-refractivity contribution in [2.24, 2.45) is 0 Å². The van der Waals surface area contributed by atoms with Crippen LogP contribution in [0.2, 0.25) is 0 Å². The van der Waals surface area contributed by atoms with E-state index in [1.165, 1.54) is 6.20 Å². The van der Waals surface area contributed by atoms with Gasteiger partial charge in [0, 0.05) is 68.8 Å². The number of piperidine rings is 1. The molecule has 1 saturated carbocycles. The summed E-state index contributed by atoms with van der Waals surface area (Å²) in [6.45, 7) is 6.73. The Labute approximate surface area is 328 Å². The van der Waals surface area contributed by atoms with Crippen LogP contribution in [-0.4, -0.2) is 125 Å². The monoisotopic (exact) mass is 778 g/mol. The first kappa shape index (κ1) is 38.1. The van der Waals surface area contributed by atoms with Crippen LogP contribution in [0.3, 0.4) is 0 Å². The van der Waals surface area contributed by atoms with Gasteiger partial charge in [-0.15, -0.1) is 0 Å². The minimum Gasteiger partial charge on any atom is -0.382 e. The zero-order valence-corrected chi connectivity index (χ0v) is 31.7. The fourth-order valence-corrected chi connectivity index (χ4v) is 8.05. The van der Waals surface area contributed by atoms with E-state index in [9.17, 15) is 24.0 Å². The topological polar surface area (TPSA) is 193 Å². The van der Waals surface area contributed by atoms with Crippen LogP contribution in [0.1, 0.15) is 65.3 Å². The summed E-state index contributed by atoms with van der Waals surface area (Å²) < 4.78 is 13.3. The molecule has 298 valence electrons. The lowest BCUT2D eigenvalue weighted by atomic mass is 10.0. The molecule has 5 heterocycles. The summed E-state index contributed by atoms with van der Waals surface area (Å²) in [4.78, 5) is 82.1. The Morgan fingerprint density at radius 1 is 0.807 bits per heavy atom. The number of piperazine rings is 1. The molecule has 2 aromatic carbocycles. The number of amides is 4. The standard InChI is InChI=1S/C40H46N10O7/c51-33-13-12-32(37(53)45-33)50-38(54)29-6-3-7-30(35(29)39(50)55)41-14-20-56-22-23-57-21-19-47-15-17-48(18-16-47)27-10-8-26(9-11-27)44-40-43-24-31-36(46-40)49(34(52)25-42-31)28-4-1-2-5-28/h3,6-11,24-25,28,32,41H,1-2,4-5,12-23H2,(H,43,44,46)(H,45,51,53). The van der Waals surface area contributed by atoms with Gasteiger partial charge in [-0.25, -0.2) is 9.97 Å². The summed E-state index contributed by atoms with van der Waals surface area (Å²) in [7, 11) is 0. The number of nitrogens with zero attached hydrogens (tertiary/aromatic N) is 7. The van der Waals surface area contributed by atoms with Crippen molar-refractivity contribution in [2.45, 2.75) is 50.6 Å². The minimum atomic E-state index is -1.01. The van der Waals surface area contributed by atoms with Gasteiger partial charge in [-0.3, -0.25) is 43.7 Å². The number of imide groups is 2. The molecule has 0 spiro atoms. The number of fused-ring (bicyclic) bond motifs is 2. The average molecular weight is 779 g/mol. The fraction of sp³-hybridized carbons (Fsp3) is 0.450. The number of aromatic nitrogens is 4. The van der Waals surface area contributed by atoms with Gasteiger partial charge in [0.1, 0.15) is 11.6 Å². The Bertz CT molecular complexity index is 2200. The number of carbonyl (C=O) groups is 4. The highest BCUT2D eigenvalue weighted by atomic mass is 16.5. The number of benzene rings is 2. The van der Waals surface area contributed by atoms with Crippen molar-refractivity contribution < 1.29 is 28.7 Å². The lowest BCUT2D eigenvalue weighted by molar-refractivity contribution is -0.136. The van der Waals surface area contributed by atoms with Crippen LogP contribution in [-0.2, 0) is 19.1 Å².